The van der Waals surface area contributed by atoms with Crippen LogP contribution >= 0.6 is 11.8 Å². The molecule has 2 aliphatic rings. The molecule has 2 N–H and O–H groups in total. The summed E-state index contributed by atoms with van der Waals surface area (Å²) in [6, 6.07) is 18.0. The summed E-state index contributed by atoms with van der Waals surface area (Å²) in [5.41, 5.74) is 1.72. The van der Waals surface area contributed by atoms with E-state index >= 15 is 0 Å². The molecule has 0 bridgehead atoms. The fraction of sp³-hybridized carbons (Fsp3) is 0.379. The molecule has 7 heteroatoms. The van der Waals surface area contributed by atoms with E-state index < -0.39 is 17.7 Å². The normalized spacial score (nSPS) is 24.7. The first-order valence-corrected chi connectivity index (χ1v) is 13.3. The van der Waals surface area contributed by atoms with Gasteiger partial charge in [-0.3, -0.25) is 4.90 Å². The van der Waals surface area contributed by atoms with E-state index in [1.165, 1.54) is 17.8 Å². The molecule has 2 aliphatic heterocycles. The van der Waals surface area contributed by atoms with Gasteiger partial charge in [0.1, 0.15) is 30.0 Å². The maximum atomic E-state index is 14.7. The number of nitrogens with zero attached hydrogens (tertiary/aromatic N) is 1. The number of benzene rings is 3. The first kappa shape index (κ1) is 24.8. The Morgan fingerprint density at radius 1 is 1.03 bits per heavy atom. The van der Waals surface area contributed by atoms with Crippen molar-refractivity contribution in [3.63, 3.8) is 0 Å². The summed E-state index contributed by atoms with van der Waals surface area (Å²) in [6.07, 6.45) is -0.422. The zero-order chi connectivity index (χ0) is 25.4. The number of phenols is 2. The molecule has 5 atom stereocenters. The summed E-state index contributed by atoms with van der Waals surface area (Å²) in [6.45, 7) is 9.66. The molecule has 0 radical (unpaired) electrons. The first-order valence-electron chi connectivity index (χ1n) is 12.4. The van der Waals surface area contributed by atoms with Gasteiger partial charge in [-0.05, 0) is 66.3 Å². The maximum absolute atomic E-state index is 14.7. The lowest BCUT2D eigenvalue weighted by atomic mass is 9.99. The molecule has 5 rings (SSSR count). The van der Waals surface area contributed by atoms with Gasteiger partial charge in [-0.25, -0.2) is 4.39 Å². The molecule has 0 saturated carbocycles. The van der Waals surface area contributed by atoms with Gasteiger partial charge in [0.2, 0.25) is 0 Å². The molecule has 0 aromatic heterocycles. The van der Waals surface area contributed by atoms with E-state index in [0.717, 1.165) is 30.0 Å². The van der Waals surface area contributed by atoms with Crippen LogP contribution in [0.4, 0.5) is 4.39 Å². The Labute approximate surface area is 215 Å². The SMILES string of the molecule is CC1CN(C(C)COc2ccc(C3Oc4ccc(O)c(F)c4SC3c3cccc(O)c3)cc2)CC1C. The van der Waals surface area contributed by atoms with Gasteiger partial charge < -0.3 is 19.7 Å². The predicted octanol–water partition coefficient (Wildman–Crippen LogP) is 6.56. The Kier molecular flexibility index (Phi) is 7.04. The third-order valence-corrected chi connectivity index (χ3v) is 8.74. The second-order valence-corrected chi connectivity index (χ2v) is 11.2. The fourth-order valence-corrected chi connectivity index (χ4v) is 6.23. The van der Waals surface area contributed by atoms with E-state index in [1.54, 1.807) is 24.3 Å². The molecule has 0 aliphatic carbocycles. The van der Waals surface area contributed by atoms with E-state index in [0.29, 0.717) is 30.2 Å². The van der Waals surface area contributed by atoms with E-state index in [-0.39, 0.29) is 15.9 Å². The van der Waals surface area contributed by atoms with Crippen molar-refractivity contribution in [3.8, 4) is 23.0 Å². The Morgan fingerprint density at radius 2 is 1.75 bits per heavy atom. The third-order valence-electron chi connectivity index (χ3n) is 7.35. The molecular formula is C29H32FNO4S. The number of rotatable bonds is 6. The van der Waals surface area contributed by atoms with Crippen molar-refractivity contribution in [2.24, 2.45) is 11.8 Å². The van der Waals surface area contributed by atoms with E-state index in [9.17, 15) is 14.6 Å². The molecule has 190 valence electrons. The molecule has 1 saturated heterocycles. The van der Waals surface area contributed by atoms with Gasteiger partial charge in [-0.1, -0.05) is 38.1 Å². The van der Waals surface area contributed by atoms with Gasteiger partial charge in [0.25, 0.3) is 0 Å². The van der Waals surface area contributed by atoms with Crippen LogP contribution in [0.15, 0.2) is 65.6 Å². The predicted molar refractivity (Wildman–Crippen MR) is 139 cm³/mol. The average Bonchev–Trinajstić information content (AvgIpc) is 3.22. The lowest BCUT2D eigenvalue weighted by Crippen LogP contribution is -2.35. The molecular weight excluding hydrogens is 477 g/mol. The number of aromatic hydroxyl groups is 2. The first-order chi connectivity index (χ1) is 17.3. The van der Waals surface area contributed by atoms with E-state index in [4.69, 9.17) is 9.47 Å². The largest absolute Gasteiger partial charge is 0.508 e. The number of ether oxygens (including phenoxy) is 2. The minimum atomic E-state index is -0.694. The van der Waals surface area contributed by atoms with Crippen LogP contribution in [0.25, 0.3) is 0 Å². The Balaban J connectivity index is 1.35. The highest BCUT2D eigenvalue weighted by Gasteiger charge is 2.36. The molecule has 0 amide bonds. The van der Waals surface area contributed by atoms with Crippen LogP contribution in [-0.2, 0) is 0 Å². The zero-order valence-electron chi connectivity index (χ0n) is 20.7. The summed E-state index contributed by atoms with van der Waals surface area (Å²) in [5, 5.41) is 19.6. The summed E-state index contributed by atoms with van der Waals surface area (Å²) in [4.78, 5) is 2.75. The van der Waals surface area contributed by atoms with Crippen LogP contribution in [0.3, 0.4) is 0 Å². The van der Waals surface area contributed by atoms with Crippen LogP contribution in [0.2, 0.25) is 0 Å². The van der Waals surface area contributed by atoms with Crippen molar-refractivity contribution in [3.05, 3.63) is 77.6 Å². The van der Waals surface area contributed by atoms with Gasteiger partial charge in [0.15, 0.2) is 11.6 Å². The lowest BCUT2D eigenvalue weighted by Gasteiger charge is -2.34. The van der Waals surface area contributed by atoms with E-state index in [1.807, 2.05) is 30.3 Å². The maximum Gasteiger partial charge on any atom is 0.182 e. The van der Waals surface area contributed by atoms with Gasteiger partial charge >= 0.3 is 0 Å². The third kappa shape index (κ3) is 5.00. The van der Waals surface area contributed by atoms with Crippen LogP contribution in [0.1, 0.15) is 43.3 Å². The van der Waals surface area contributed by atoms with Crippen molar-refractivity contribution in [2.45, 2.75) is 43.1 Å². The van der Waals surface area contributed by atoms with Crippen LogP contribution in [0.5, 0.6) is 23.0 Å². The number of fused-ring (bicyclic) bond motifs is 1. The molecule has 36 heavy (non-hydrogen) atoms. The number of halogens is 1. The minimum absolute atomic E-state index is 0.133. The van der Waals surface area contributed by atoms with E-state index in [2.05, 4.69) is 25.7 Å². The zero-order valence-corrected chi connectivity index (χ0v) is 21.5. The summed E-state index contributed by atoms with van der Waals surface area (Å²) < 4.78 is 27.1. The summed E-state index contributed by atoms with van der Waals surface area (Å²) in [7, 11) is 0. The quantitative estimate of drug-likeness (QED) is 0.392. The second kappa shape index (κ2) is 10.2. The number of phenolic OH excluding ortho intramolecular Hbond substituents is 2. The average molecular weight is 510 g/mol. The number of likely N-dealkylation sites (tertiary alicyclic amines) is 1. The Bertz CT molecular complexity index is 1210. The molecule has 2 heterocycles. The van der Waals surface area contributed by atoms with Crippen molar-refractivity contribution < 1.29 is 24.1 Å². The molecule has 0 spiro atoms. The number of hydrogen-bond acceptors (Lipinski definition) is 6. The van der Waals surface area contributed by atoms with Gasteiger partial charge in [0, 0.05) is 19.1 Å². The molecule has 5 unspecified atom stereocenters. The monoisotopic (exact) mass is 509 g/mol. The number of hydrogen-bond donors (Lipinski definition) is 2. The summed E-state index contributed by atoms with van der Waals surface area (Å²) in [5.74, 6) is 1.63. The molecule has 5 nitrogen and oxygen atoms in total. The van der Waals surface area contributed by atoms with Crippen LogP contribution in [0, 0.1) is 17.7 Å². The summed E-state index contributed by atoms with van der Waals surface area (Å²) >= 11 is 1.29. The van der Waals surface area contributed by atoms with Crippen molar-refractivity contribution >= 4 is 11.8 Å². The number of thioether (sulfide) groups is 1. The van der Waals surface area contributed by atoms with Gasteiger partial charge in [-0.2, -0.15) is 0 Å². The van der Waals surface area contributed by atoms with Crippen molar-refractivity contribution in [1.82, 2.24) is 4.90 Å². The lowest BCUT2D eigenvalue weighted by molar-refractivity contribution is 0.166. The molecule has 3 aromatic rings. The van der Waals surface area contributed by atoms with Gasteiger partial charge in [0.05, 0.1) is 10.1 Å². The smallest absolute Gasteiger partial charge is 0.182 e. The molecule has 3 aromatic carbocycles. The fourth-order valence-electron chi connectivity index (χ4n) is 4.92. The topological polar surface area (TPSA) is 62.2 Å². The highest BCUT2D eigenvalue weighted by molar-refractivity contribution is 7.99. The Hall–Kier alpha value is -2.90. The van der Waals surface area contributed by atoms with Crippen molar-refractivity contribution in [1.29, 1.82) is 0 Å². The highest BCUT2D eigenvalue weighted by atomic mass is 32.2. The van der Waals surface area contributed by atoms with Gasteiger partial charge in [-0.15, -0.1) is 11.8 Å². The van der Waals surface area contributed by atoms with Crippen molar-refractivity contribution in [2.75, 3.05) is 19.7 Å². The van der Waals surface area contributed by atoms with Crippen LogP contribution in [-0.4, -0.2) is 40.9 Å². The minimum Gasteiger partial charge on any atom is -0.508 e. The highest BCUT2D eigenvalue weighted by Crippen LogP contribution is 2.55. The Morgan fingerprint density at radius 3 is 2.44 bits per heavy atom. The molecule has 1 fully saturated rings. The van der Waals surface area contributed by atoms with Crippen LogP contribution < -0.4 is 9.47 Å². The second-order valence-electron chi connectivity index (χ2n) is 10.0. The standard InChI is InChI=1S/C29H32FNO4S/c1-17-14-31(15-18(17)2)19(3)16-34-23-9-7-20(8-10-23)27-28(21-5-4-6-22(32)13-21)36-29-25(35-27)12-11-24(33)26(29)30/h4-13,17-19,27-28,32-33H,14-16H2,1-3H3.